The fourth-order valence-corrected chi connectivity index (χ4v) is 3.84. The van der Waals surface area contributed by atoms with Crippen molar-refractivity contribution in [3.05, 3.63) is 70.8 Å². The summed E-state index contributed by atoms with van der Waals surface area (Å²) in [6.45, 7) is 2.45. The molecule has 1 aliphatic heterocycles. The second-order valence-electron chi connectivity index (χ2n) is 6.82. The maximum atomic E-state index is 13.7. The number of likely N-dealkylation sites (tertiary alicyclic amines) is 1. The molecule has 1 fully saturated rings. The minimum Gasteiger partial charge on any atom is -0.480 e. The van der Waals surface area contributed by atoms with Gasteiger partial charge in [-0.2, -0.15) is 13.2 Å². The van der Waals surface area contributed by atoms with Gasteiger partial charge in [0, 0.05) is 6.54 Å². The summed E-state index contributed by atoms with van der Waals surface area (Å²) in [4.78, 5) is 13.4. The average molecular weight is 377 g/mol. The highest BCUT2D eigenvalue weighted by atomic mass is 19.4. The lowest BCUT2D eigenvalue weighted by Gasteiger charge is -2.33. The Bertz CT molecular complexity index is 802. The molecule has 0 saturated carbocycles. The van der Waals surface area contributed by atoms with Crippen LogP contribution in [0.1, 0.15) is 48.1 Å². The number of carboxylic acids is 1. The van der Waals surface area contributed by atoms with Gasteiger partial charge in [-0.1, -0.05) is 49.4 Å². The zero-order chi connectivity index (χ0) is 19.6. The molecular formula is C21H22F3NO2. The lowest BCUT2D eigenvalue weighted by molar-refractivity contribution is -0.143. The molecule has 3 nitrogen and oxygen atoms in total. The van der Waals surface area contributed by atoms with Crippen molar-refractivity contribution in [1.29, 1.82) is 0 Å². The molecule has 2 unspecified atom stereocenters. The van der Waals surface area contributed by atoms with E-state index in [1.165, 1.54) is 12.1 Å². The fraction of sp³-hybridized carbons (Fsp3) is 0.381. The van der Waals surface area contributed by atoms with Gasteiger partial charge in [-0.3, -0.25) is 9.69 Å². The highest BCUT2D eigenvalue weighted by Crippen LogP contribution is 2.41. The first-order chi connectivity index (χ1) is 12.8. The van der Waals surface area contributed by atoms with Crippen LogP contribution in [0.2, 0.25) is 0 Å². The molecule has 1 aliphatic rings. The van der Waals surface area contributed by atoms with Crippen LogP contribution in [0.5, 0.6) is 0 Å². The maximum absolute atomic E-state index is 13.7. The van der Waals surface area contributed by atoms with E-state index >= 15 is 0 Å². The van der Waals surface area contributed by atoms with Gasteiger partial charge in [0.15, 0.2) is 0 Å². The third-order valence-electron chi connectivity index (χ3n) is 5.18. The largest absolute Gasteiger partial charge is 0.480 e. The fourth-order valence-electron chi connectivity index (χ4n) is 3.84. The Hall–Kier alpha value is -2.34. The molecular weight excluding hydrogens is 355 g/mol. The number of carbonyl (C=O) groups is 1. The van der Waals surface area contributed by atoms with Crippen molar-refractivity contribution in [2.75, 3.05) is 6.54 Å². The Labute approximate surface area is 156 Å². The number of aliphatic carboxylic acids is 1. The summed E-state index contributed by atoms with van der Waals surface area (Å²) in [7, 11) is 0. The molecule has 0 spiro atoms. The summed E-state index contributed by atoms with van der Waals surface area (Å²) in [5.74, 6) is -0.993. The monoisotopic (exact) mass is 377 g/mol. The van der Waals surface area contributed by atoms with Crippen molar-refractivity contribution in [3.8, 4) is 0 Å². The third-order valence-corrected chi connectivity index (χ3v) is 5.18. The zero-order valence-corrected chi connectivity index (χ0v) is 15.0. The number of nitrogens with zero attached hydrogens (tertiary/aromatic N) is 1. The minimum absolute atomic E-state index is 0.0994. The van der Waals surface area contributed by atoms with E-state index in [4.69, 9.17) is 0 Å². The Morgan fingerprint density at radius 1 is 1.19 bits per heavy atom. The van der Waals surface area contributed by atoms with Gasteiger partial charge in [-0.25, -0.2) is 0 Å². The molecule has 0 aromatic heterocycles. The number of halogens is 3. The molecule has 27 heavy (non-hydrogen) atoms. The van der Waals surface area contributed by atoms with Crippen LogP contribution in [0.15, 0.2) is 48.5 Å². The van der Waals surface area contributed by atoms with E-state index in [1.54, 1.807) is 11.0 Å². The second-order valence-corrected chi connectivity index (χ2v) is 6.82. The second kappa shape index (κ2) is 7.72. The molecule has 2 aromatic rings. The normalized spacial score (nSPS) is 19.2. The van der Waals surface area contributed by atoms with Crippen LogP contribution in [0.3, 0.4) is 0 Å². The van der Waals surface area contributed by atoms with Crippen molar-refractivity contribution < 1.29 is 23.1 Å². The van der Waals surface area contributed by atoms with E-state index in [2.05, 4.69) is 0 Å². The Morgan fingerprint density at radius 3 is 2.44 bits per heavy atom. The van der Waals surface area contributed by atoms with Crippen molar-refractivity contribution in [1.82, 2.24) is 4.90 Å². The molecule has 6 heteroatoms. The van der Waals surface area contributed by atoms with Crippen LogP contribution in [-0.4, -0.2) is 28.6 Å². The molecule has 0 bridgehead atoms. The van der Waals surface area contributed by atoms with Gasteiger partial charge in [0.05, 0.1) is 11.6 Å². The van der Waals surface area contributed by atoms with E-state index < -0.39 is 29.8 Å². The Morgan fingerprint density at radius 2 is 1.85 bits per heavy atom. The Kier molecular flexibility index (Phi) is 5.56. The lowest BCUT2D eigenvalue weighted by Crippen LogP contribution is -2.39. The molecule has 1 N–H and O–H groups in total. The molecule has 0 amide bonds. The topological polar surface area (TPSA) is 40.5 Å². The highest BCUT2D eigenvalue weighted by Gasteiger charge is 2.41. The van der Waals surface area contributed by atoms with Gasteiger partial charge in [-0.15, -0.1) is 0 Å². The van der Waals surface area contributed by atoms with E-state index in [-0.39, 0.29) is 5.56 Å². The standard InChI is InChI=1S/C21H22F3NO2/c1-2-14-9-11-15(12-10-14)19(25-13-5-8-18(25)20(26)27)16-6-3-4-7-17(16)21(22,23)24/h3-4,6-7,9-12,18-19H,2,5,8,13H2,1H3,(H,26,27). The minimum atomic E-state index is -4.50. The number of alkyl halides is 3. The van der Waals surface area contributed by atoms with Gasteiger partial charge in [0.2, 0.25) is 0 Å². The Balaban J connectivity index is 2.15. The zero-order valence-electron chi connectivity index (χ0n) is 15.0. The number of hydrogen-bond donors (Lipinski definition) is 1. The van der Waals surface area contributed by atoms with Crippen LogP contribution >= 0.6 is 0 Å². The molecule has 0 radical (unpaired) electrons. The first-order valence-electron chi connectivity index (χ1n) is 9.06. The molecule has 3 rings (SSSR count). The summed E-state index contributed by atoms with van der Waals surface area (Å²) in [5, 5.41) is 9.57. The van der Waals surface area contributed by atoms with Crippen molar-refractivity contribution >= 4 is 5.97 Å². The summed E-state index contributed by atoms with van der Waals surface area (Å²) in [6.07, 6.45) is -2.59. The van der Waals surface area contributed by atoms with Crippen molar-refractivity contribution in [2.45, 2.75) is 44.4 Å². The average Bonchev–Trinajstić information content (AvgIpc) is 3.12. The maximum Gasteiger partial charge on any atom is 0.416 e. The van der Waals surface area contributed by atoms with Crippen LogP contribution in [0, 0.1) is 0 Å². The van der Waals surface area contributed by atoms with Crippen LogP contribution in [0.4, 0.5) is 13.2 Å². The van der Waals surface area contributed by atoms with E-state index in [9.17, 15) is 23.1 Å². The predicted octanol–water partition coefficient (Wildman–Crippen LogP) is 4.91. The van der Waals surface area contributed by atoms with Crippen molar-refractivity contribution in [2.24, 2.45) is 0 Å². The molecule has 1 saturated heterocycles. The van der Waals surface area contributed by atoms with Crippen LogP contribution in [0.25, 0.3) is 0 Å². The number of aryl methyl sites for hydroxylation is 1. The number of carboxylic acid groups (broad SMARTS) is 1. The number of benzene rings is 2. The molecule has 0 aliphatic carbocycles. The van der Waals surface area contributed by atoms with Gasteiger partial charge in [0.25, 0.3) is 0 Å². The predicted molar refractivity (Wildman–Crippen MR) is 96.5 cm³/mol. The van der Waals surface area contributed by atoms with Gasteiger partial charge < -0.3 is 5.11 Å². The van der Waals surface area contributed by atoms with E-state index in [0.717, 1.165) is 18.1 Å². The molecule has 2 atom stereocenters. The number of rotatable bonds is 5. The van der Waals surface area contributed by atoms with Gasteiger partial charge in [-0.05, 0) is 42.0 Å². The highest BCUT2D eigenvalue weighted by molar-refractivity contribution is 5.74. The van der Waals surface area contributed by atoms with Gasteiger partial charge in [0.1, 0.15) is 6.04 Å². The molecule has 1 heterocycles. The number of hydrogen-bond acceptors (Lipinski definition) is 2. The summed E-state index contributed by atoms with van der Waals surface area (Å²) < 4.78 is 41.0. The summed E-state index contributed by atoms with van der Waals surface area (Å²) >= 11 is 0. The van der Waals surface area contributed by atoms with E-state index in [1.807, 2.05) is 31.2 Å². The quantitative estimate of drug-likeness (QED) is 0.805. The summed E-state index contributed by atoms with van der Waals surface area (Å²) in [6, 6.07) is 11.3. The SMILES string of the molecule is CCc1ccc(C(c2ccccc2C(F)(F)F)N2CCCC2C(=O)O)cc1. The first-order valence-corrected chi connectivity index (χ1v) is 9.06. The first kappa shape index (κ1) is 19.4. The van der Waals surface area contributed by atoms with Crippen molar-refractivity contribution in [3.63, 3.8) is 0 Å². The van der Waals surface area contributed by atoms with Crippen LogP contribution in [-0.2, 0) is 17.4 Å². The van der Waals surface area contributed by atoms with Crippen LogP contribution < -0.4 is 0 Å². The van der Waals surface area contributed by atoms with Gasteiger partial charge >= 0.3 is 12.1 Å². The lowest BCUT2D eigenvalue weighted by atomic mass is 9.91. The smallest absolute Gasteiger partial charge is 0.416 e. The molecule has 144 valence electrons. The molecule has 2 aromatic carbocycles. The summed E-state index contributed by atoms with van der Waals surface area (Å²) in [5.41, 5.74) is 1.14. The van der Waals surface area contributed by atoms with E-state index in [0.29, 0.717) is 24.9 Å². The third kappa shape index (κ3) is 4.00.